The third kappa shape index (κ3) is 6.99. The second-order valence-electron chi connectivity index (χ2n) is 6.79. The number of hydrogen-bond donors (Lipinski definition) is 2. The minimum absolute atomic E-state index is 0.0664. The maximum Gasteiger partial charge on any atom is 0.337 e. The van der Waals surface area contributed by atoms with Gasteiger partial charge in [-0.3, -0.25) is 14.9 Å². The Morgan fingerprint density at radius 1 is 1.09 bits per heavy atom. The van der Waals surface area contributed by atoms with Crippen molar-refractivity contribution in [3.05, 3.63) is 62.7 Å². The number of hydrogen-bond acceptors (Lipinski definition) is 6. The van der Waals surface area contributed by atoms with Gasteiger partial charge in [0.1, 0.15) is 0 Å². The number of carbonyl (C=O) groups is 2. The van der Waals surface area contributed by atoms with Gasteiger partial charge in [0.2, 0.25) is 10.0 Å². The first-order chi connectivity index (χ1) is 16.0. The summed E-state index contributed by atoms with van der Waals surface area (Å²) in [6.45, 7) is 7.98. The Bertz CT molecular complexity index is 1150. The predicted molar refractivity (Wildman–Crippen MR) is 130 cm³/mol. The zero-order valence-electron chi connectivity index (χ0n) is 19.4. The molecule has 0 fully saturated rings. The van der Waals surface area contributed by atoms with Gasteiger partial charge in [-0.1, -0.05) is 39.3 Å². The molecule has 0 aliphatic rings. The van der Waals surface area contributed by atoms with Gasteiger partial charge >= 0.3 is 5.97 Å². The van der Waals surface area contributed by atoms with Crippen molar-refractivity contribution in [2.45, 2.75) is 45.4 Å². The standard InChI is InChI=1S/C20H22ClN3O7S.C2H6/c1-3-9-23(10-4-2)32(30,31)18-8-5-13(11-17(18)24(28)29)19(25)22-16-7-6-14(21)12-15(16)20(26)27;1-2/h5-8,11-12H,3-4,9-10H2,1-2H3,(H,22,25)(H,26,27);1-2H3. The van der Waals surface area contributed by atoms with Gasteiger partial charge in [0, 0.05) is 29.7 Å². The predicted octanol–water partition coefficient (Wildman–Crippen LogP) is 5.04. The lowest BCUT2D eigenvalue weighted by Crippen LogP contribution is -2.33. The molecule has 1 amide bonds. The highest BCUT2D eigenvalue weighted by Crippen LogP contribution is 2.29. The second-order valence-corrected chi connectivity index (χ2v) is 9.14. The summed E-state index contributed by atoms with van der Waals surface area (Å²) in [4.78, 5) is 34.3. The van der Waals surface area contributed by atoms with Crippen molar-refractivity contribution in [1.82, 2.24) is 4.31 Å². The molecule has 2 aromatic rings. The molecule has 2 aromatic carbocycles. The van der Waals surface area contributed by atoms with Gasteiger partial charge in [-0.25, -0.2) is 13.2 Å². The molecule has 10 nitrogen and oxygen atoms in total. The normalized spacial score (nSPS) is 10.9. The highest BCUT2D eigenvalue weighted by atomic mass is 35.5. The summed E-state index contributed by atoms with van der Waals surface area (Å²) in [6.07, 6.45) is 1.06. The highest BCUT2D eigenvalue weighted by Gasteiger charge is 2.32. The van der Waals surface area contributed by atoms with Crippen LogP contribution >= 0.6 is 11.6 Å². The van der Waals surface area contributed by atoms with Crippen molar-refractivity contribution in [3.63, 3.8) is 0 Å². The number of carbonyl (C=O) groups excluding carboxylic acids is 1. The van der Waals surface area contributed by atoms with Crippen LogP contribution in [0.3, 0.4) is 0 Å². The third-order valence-corrected chi connectivity index (χ3v) is 6.62. The zero-order chi connectivity index (χ0) is 26.1. The van der Waals surface area contributed by atoms with E-state index in [0.717, 1.165) is 24.3 Å². The van der Waals surface area contributed by atoms with E-state index in [0.29, 0.717) is 12.8 Å². The summed E-state index contributed by atoms with van der Waals surface area (Å²) >= 11 is 5.79. The number of carboxylic acid groups (broad SMARTS) is 1. The van der Waals surface area contributed by atoms with Crippen LogP contribution in [0.1, 0.15) is 61.3 Å². The molecule has 34 heavy (non-hydrogen) atoms. The summed E-state index contributed by atoms with van der Waals surface area (Å²) in [5.74, 6) is -2.18. The van der Waals surface area contributed by atoms with E-state index >= 15 is 0 Å². The van der Waals surface area contributed by atoms with Gasteiger partial charge in [0.05, 0.1) is 16.2 Å². The first-order valence-corrected chi connectivity index (χ1v) is 12.5. The van der Waals surface area contributed by atoms with E-state index in [1.165, 1.54) is 16.4 Å². The quantitative estimate of drug-likeness (QED) is 0.334. The van der Waals surface area contributed by atoms with E-state index in [1.807, 2.05) is 13.8 Å². The van der Waals surface area contributed by atoms with Crippen molar-refractivity contribution in [1.29, 1.82) is 0 Å². The highest BCUT2D eigenvalue weighted by molar-refractivity contribution is 7.89. The average Bonchev–Trinajstić information content (AvgIpc) is 2.80. The van der Waals surface area contributed by atoms with E-state index in [4.69, 9.17) is 11.6 Å². The number of nitrogens with zero attached hydrogens (tertiary/aromatic N) is 2. The topological polar surface area (TPSA) is 147 Å². The minimum Gasteiger partial charge on any atom is -0.478 e. The summed E-state index contributed by atoms with van der Waals surface area (Å²) in [5.41, 5.74) is -1.29. The Kier molecular flexibility index (Phi) is 11.1. The fourth-order valence-electron chi connectivity index (χ4n) is 3.01. The summed E-state index contributed by atoms with van der Waals surface area (Å²) in [7, 11) is -4.16. The van der Waals surface area contributed by atoms with Crippen LogP contribution < -0.4 is 5.32 Å². The van der Waals surface area contributed by atoms with Crippen molar-refractivity contribution in [2.75, 3.05) is 18.4 Å². The van der Waals surface area contributed by atoms with Crippen LogP contribution in [0.4, 0.5) is 11.4 Å². The van der Waals surface area contributed by atoms with E-state index in [2.05, 4.69) is 5.32 Å². The lowest BCUT2D eigenvalue weighted by molar-refractivity contribution is -0.387. The van der Waals surface area contributed by atoms with E-state index in [1.54, 1.807) is 13.8 Å². The molecule has 0 aromatic heterocycles. The molecule has 0 radical (unpaired) electrons. The molecule has 186 valence electrons. The summed E-state index contributed by atoms with van der Waals surface area (Å²) in [6, 6.07) is 6.81. The molecule has 0 saturated carbocycles. The molecular formula is C22H28ClN3O7S. The number of carboxylic acids is 1. The molecule has 0 unspecified atom stereocenters. The molecule has 0 saturated heterocycles. The molecule has 2 N–H and O–H groups in total. The lowest BCUT2D eigenvalue weighted by atomic mass is 10.1. The molecule has 12 heteroatoms. The van der Waals surface area contributed by atoms with Gasteiger partial charge in [0.15, 0.2) is 4.90 Å². The number of anilines is 1. The van der Waals surface area contributed by atoms with Gasteiger partial charge in [-0.2, -0.15) is 4.31 Å². The number of amides is 1. The maximum atomic E-state index is 13.0. The number of halogens is 1. The van der Waals surface area contributed by atoms with Crippen molar-refractivity contribution < 1.29 is 28.0 Å². The third-order valence-electron chi connectivity index (χ3n) is 4.44. The number of rotatable bonds is 10. The van der Waals surface area contributed by atoms with Crippen LogP contribution in [0.5, 0.6) is 0 Å². The maximum absolute atomic E-state index is 13.0. The van der Waals surface area contributed by atoms with Crippen LogP contribution in [0.2, 0.25) is 5.02 Å². The average molecular weight is 514 g/mol. The van der Waals surface area contributed by atoms with Crippen LogP contribution in [-0.2, 0) is 10.0 Å². The monoisotopic (exact) mass is 513 g/mol. The van der Waals surface area contributed by atoms with E-state index in [9.17, 15) is 33.2 Å². The number of benzene rings is 2. The summed E-state index contributed by atoms with van der Waals surface area (Å²) in [5, 5.41) is 23.4. The molecule has 2 rings (SSSR count). The summed E-state index contributed by atoms with van der Waals surface area (Å²) < 4.78 is 27.2. The van der Waals surface area contributed by atoms with Crippen molar-refractivity contribution in [2.24, 2.45) is 0 Å². The SMILES string of the molecule is CC.CCCN(CCC)S(=O)(=O)c1ccc(C(=O)Nc2ccc(Cl)cc2C(=O)O)cc1[N+](=O)[O-]. The fourth-order valence-corrected chi connectivity index (χ4v) is 4.94. The first-order valence-electron chi connectivity index (χ1n) is 10.7. The van der Waals surface area contributed by atoms with Gasteiger partial charge in [-0.15, -0.1) is 0 Å². The fraction of sp³-hybridized carbons (Fsp3) is 0.364. The molecule has 0 aliphatic heterocycles. The minimum atomic E-state index is -4.16. The second kappa shape index (κ2) is 13.0. The van der Waals surface area contributed by atoms with Crippen LogP contribution in [0, 0.1) is 10.1 Å². The van der Waals surface area contributed by atoms with E-state index < -0.39 is 37.4 Å². The smallest absolute Gasteiger partial charge is 0.337 e. The molecular weight excluding hydrogens is 486 g/mol. The Balaban J connectivity index is 0.00000281. The Morgan fingerprint density at radius 2 is 1.68 bits per heavy atom. The Hall–Kier alpha value is -3.02. The number of sulfonamides is 1. The number of nitrogens with one attached hydrogen (secondary N) is 1. The van der Waals surface area contributed by atoms with Crippen LogP contribution in [-0.4, -0.2) is 47.7 Å². The van der Waals surface area contributed by atoms with Crippen LogP contribution in [0.15, 0.2) is 41.3 Å². The zero-order valence-corrected chi connectivity index (χ0v) is 20.9. The number of nitro groups is 1. The van der Waals surface area contributed by atoms with Crippen molar-refractivity contribution in [3.8, 4) is 0 Å². The van der Waals surface area contributed by atoms with Gasteiger partial charge in [0.25, 0.3) is 11.6 Å². The van der Waals surface area contributed by atoms with Crippen molar-refractivity contribution >= 4 is 44.9 Å². The Morgan fingerprint density at radius 3 is 2.18 bits per heavy atom. The number of aromatic carboxylic acids is 1. The number of nitro benzene ring substituents is 1. The molecule has 0 aliphatic carbocycles. The molecule has 0 bridgehead atoms. The largest absolute Gasteiger partial charge is 0.478 e. The molecule has 0 atom stereocenters. The first kappa shape index (κ1) is 29.0. The van der Waals surface area contributed by atoms with Gasteiger partial charge < -0.3 is 10.4 Å². The van der Waals surface area contributed by atoms with E-state index in [-0.39, 0.29) is 34.9 Å². The lowest BCUT2D eigenvalue weighted by Gasteiger charge is -2.21. The molecule has 0 spiro atoms. The Labute approximate surface area is 203 Å². The van der Waals surface area contributed by atoms with Crippen LogP contribution in [0.25, 0.3) is 0 Å². The molecule has 0 heterocycles. The van der Waals surface area contributed by atoms with Gasteiger partial charge in [-0.05, 0) is 43.2 Å².